The van der Waals surface area contributed by atoms with Crippen molar-refractivity contribution in [1.82, 2.24) is 5.32 Å². The number of hydrogen-bond acceptors (Lipinski definition) is 2. The van der Waals surface area contributed by atoms with E-state index in [2.05, 4.69) is 36.7 Å². The Bertz CT molecular complexity index is 258. The second-order valence-electron chi connectivity index (χ2n) is 4.35. The summed E-state index contributed by atoms with van der Waals surface area (Å²) in [5, 5.41) is 5.76. The van der Waals surface area contributed by atoms with Gasteiger partial charge in [0.05, 0.1) is 0 Å². The number of rotatable bonds is 2. The fourth-order valence-corrected chi connectivity index (χ4v) is 3.02. The van der Waals surface area contributed by atoms with Gasteiger partial charge < -0.3 is 5.32 Å². The smallest absolute Gasteiger partial charge is 0.0167 e. The second-order valence-corrected chi connectivity index (χ2v) is 5.30. The lowest BCUT2D eigenvalue weighted by Gasteiger charge is -2.30. The molecule has 1 aromatic rings. The molecular weight excluding hydrogens is 178 g/mol. The molecule has 1 nitrogen and oxygen atoms in total. The van der Waals surface area contributed by atoms with E-state index >= 15 is 0 Å². The molecule has 0 aromatic carbocycles. The molecule has 0 amide bonds. The quantitative estimate of drug-likeness (QED) is 0.765. The highest BCUT2D eigenvalue weighted by Crippen LogP contribution is 2.34. The molecule has 0 saturated carbocycles. The minimum atomic E-state index is 0.310. The maximum Gasteiger partial charge on any atom is 0.0167 e. The van der Waals surface area contributed by atoms with Gasteiger partial charge in [0.15, 0.2) is 0 Å². The predicted octanol–water partition coefficient (Wildman–Crippen LogP) is 2.78. The van der Waals surface area contributed by atoms with Gasteiger partial charge in [-0.2, -0.15) is 0 Å². The molecule has 1 N–H and O–H groups in total. The van der Waals surface area contributed by atoms with Crippen LogP contribution in [-0.4, -0.2) is 12.6 Å². The second kappa shape index (κ2) is 3.43. The Balaban J connectivity index is 2.19. The van der Waals surface area contributed by atoms with Crippen molar-refractivity contribution in [2.45, 2.75) is 38.1 Å². The first kappa shape index (κ1) is 9.22. The molecule has 2 heterocycles. The van der Waals surface area contributed by atoms with Crippen molar-refractivity contribution in [3.05, 3.63) is 22.4 Å². The van der Waals surface area contributed by atoms with Gasteiger partial charge in [-0.3, -0.25) is 0 Å². The normalized spacial score (nSPS) is 23.7. The van der Waals surface area contributed by atoms with Gasteiger partial charge in [-0.1, -0.05) is 19.9 Å². The van der Waals surface area contributed by atoms with E-state index in [1.54, 1.807) is 0 Å². The molecule has 0 spiro atoms. The van der Waals surface area contributed by atoms with Crippen LogP contribution in [0, 0.1) is 0 Å². The Morgan fingerprint density at radius 1 is 1.54 bits per heavy atom. The van der Waals surface area contributed by atoms with Gasteiger partial charge in [0.2, 0.25) is 0 Å². The largest absolute Gasteiger partial charge is 0.313 e. The van der Waals surface area contributed by atoms with E-state index < -0.39 is 0 Å². The maximum absolute atomic E-state index is 3.59. The van der Waals surface area contributed by atoms with Crippen molar-refractivity contribution in [3.8, 4) is 0 Å². The van der Waals surface area contributed by atoms with Crippen LogP contribution in [0.25, 0.3) is 0 Å². The summed E-state index contributed by atoms with van der Waals surface area (Å²) < 4.78 is 0. The number of hydrogen-bond donors (Lipinski definition) is 1. The standard InChI is InChI=1S/C11H17NS/c1-11(2,9-5-3-7-12-9)10-6-4-8-13-10/h4,6,8-9,12H,3,5,7H2,1-2H3. The average Bonchev–Trinajstić information content (AvgIpc) is 2.78. The summed E-state index contributed by atoms with van der Waals surface area (Å²) in [6.45, 7) is 5.89. The van der Waals surface area contributed by atoms with Gasteiger partial charge in [-0.15, -0.1) is 11.3 Å². The summed E-state index contributed by atoms with van der Waals surface area (Å²) in [7, 11) is 0. The average molecular weight is 195 g/mol. The first-order valence-electron chi connectivity index (χ1n) is 4.98. The highest BCUT2D eigenvalue weighted by Gasteiger charge is 2.33. The summed E-state index contributed by atoms with van der Waals surface area (Å²) in [4.78, 5) is 1.51. The van der Waals surface area contributed by atoms with Crippen molar-refractivity contribution in [1.29, 1.82) is 0 Å². The molecule has 1 unspecified atom stereocenters. The van der Waals surface area contributed by atoms with Gasteiger partial charge in [0, 0.05) is 16.3 Å². The van der Waals surface area contributed by atoms with Crippen LogP contribution in [0.4, 0.5) is 0 Å². The summed E-state index contributed by atoms with van der Waals surface area (Å²) >= 11 is 1.88. The maximum atomic E-state index is 3.59. The molecule has 1 aliphatic heterocycles. The first-order chi connectivity index (χ1) is 6.21. The lowest BCUT2D eigenvalue weighted by atomic mass is 9.82. The van der Waals surface area contributed by atoms with Crippen LogP contribution in [0.2, 0.25) is 0 Å². The third kappa shape index (κ3) is 1.65. The number of nitrogens with one attached hydrogen (secondary N) is 1. The molecule has 1 saturated heterocycles. The van der Waals surface area contributed by atoms with Crippen molar-refractivity contribution in [2.24, 2.45) is 0 Å². The molecule has 1 fully saturated rings. The van der Waals surface area contributed by atoms with Gasteiger partial charge in [-0.25, -0.2) is 0 Å². The molecular formula is C11H17NS. The van der Waals surface area contributed by atoms with E-state index in [9.17, 15) is 0 Å². The van der Waals surface area contributed by atoms with E-state index in [4.69, 9.17) is 0 Å². The predicted molar refractivity (Wildman–Crippen MR) is 58.4 cm³/mol. The molecule has 0 bridgehead atoms. The molecule has 0 aliphatic carbocycles. The van der Waals surface area contributed by atoms with Crippen LogP contribution in [0.3, 0.4) is 0 Å². The van der Waals surface area contributed by atoms with E-state index in [1.807, 2.05) is 11.3 Å². The Morgan fingerprint density at radius 2 is 2.38 bits per heavy atom. The van der Waals surface area contributed by atoms with Crippen LogP contribution < -0.4 is 5.32 Å². The molecule has 72 valence electrons. The van der Waals surface area contributed by atoms with Crippen LogP contribution in [0.5, 0.6) is 0 Å². The zero-order valence-electron chi connectivity index (χ0n) is 8.34. The van der Waals surface area contributed by atoms with E-state index in [0.717, 1.165) is 0 Å². The van der Waals surface area contributed by atoms with Crippen LogP contribution >= 0.6 is 11.3 Å². The fraction of sp³-hybridized carbons (Fsp3) is 0.636. The highest BCUT2D eigenvalue weighted by atomic mass is 32.1. The molecule has 1 atom stereocenters. The van der Waals surface area contributed by atoms with Crippen LogP contribution in [0.1, 0.15) is 31.6 Å². The van der Waals surface area contributed by atoms with Gasteiger partial charge >= 0.3 is 0 Å². The third-order valence-corrected chi connectivity index (χ3v) is 4.30. The highest BCUT2D eigenvalue weighted by molar-refractivity contribution is 7.10. The SMILES string of the molecule is CC(C)(c1cccs1)C1CCCN1. The minimum Gasteiger partial charge on any atom is -0.313 e. The summed E-state index contributed by atoms with van der Waals surface area (Å²) in [6, 6.07) is 5.08. The zero-order valence-corrected chi connectivity index (χ0v) is 9.16. The lowest BCUT2D eigenvalue weighted by molar-refractivity contribution is 0.383. The van der Waals surface area contributed by atoms with Crippen LogP contribution in [0.15, 0.2) is 17.5 Å². The van der Waals surface area contributed by atoms with Gasteiger partial charge in [0.25, 0.3) is 0 Å². The zero-order chi connectivity index (χ0) is 9.31. The summed E-state index contributed by atoms with van der Waals surface area (Å²) in [5.74, 6) is 0. The third-order valence-electron chi connectivity index (χ3n) is 3.09. The molecule has 13 heavy (non-hydrogen) atoms. The Kier molecular flexibility index (Phi) is 2.43. The topological polar surface area (TPSA) is 12.0 Å². The first-order valence-corrected chi connectivity index (χ1v) is 5.86. The van der Waals surface area contributed by atoms with Gasteiger partial charge in [0.1, 0.15) is 0 Å². The lowest BCUT2D eigenvalue weighted by Crippen LogP contribution is -2.40. The molecule has 2 heteroatoms. The molecule has 2 rings (SSSR count). The molecule has 0 radical (unpaired) electrons. The van der Waals surface area contributed by atoms with E-state index in [1.165, 1.54) is 24.3 Å². The van der Waals surface area contributed by atoms with Crippen molar-refractivity contribution in [3.63, 3.8) is 0 Å². The molecule has 1 aromatic heterocycles. The van der Waals surface area contributed by atoms with Crippen molar-refractivity contribution >= 4 is 11.3 Å². The number of thiophene rings is 1. The Hall–Kier alpha value is -0.340. The Labute approximate surface area is 84.2 Å². The van der Waals surface area contributed by atoms with E-state index in [-0.39, 0.29) is 0 Å². The Morgan fingerprint density at radius 3 is 2.92 bits per heavy atom. The van der Waals surface area contributed by atoms with Crippen molar-refractivity contribution in [2.75, 3.05) is 6.54 Å². The van der Waals surface area contributed by atoms with Crippen molar-refractivity contribution < 1.29 is 0 Å². The monoisotopic (exact) mass is 195 g/mol. The van der Waals surface area contributed by atoms with Crippen LogP contribution in [-0.2, 0) is 5.41 Å². The van der Waals surface area contributed by atoms with Gasteiger partial charge in [-0.05, 0) is 30.8 Å². The molecule has 1 aliphatic rings. The minimum absolute atomic E-state index is 0.310. The van der Waals surface area contributed by atoms with E-state index in [0.29, 0.717) is 11.5 Å². The fourth-order valence-electron chi connectivity index (χ4n) is 2.12. The summed E-state index contributed by atoms with van der Waals surface area (Å²) in [6.07, 6.45) is 2.66. The summed E-state index contributed by atoms with van der Waals surface area (Å²) in [5.41, 5.74) is 0.310.